The van der Waals surface area contributed by atoms with Gasteiger partial charge in [-0.3, -0.25) is 4.55 Å². The third-order valence-corrected chi connectivity index (χ3v) is 2.01. The Hall–Kier alpha value is -0.580. The molecule has 0 heterocycles. The van der Waals surface area contributed by atoms with E-state index in [4.69, 9.17) is 19.9 Å². The molecular formula is C6H12O8S. The molecule has 0 fully saturated rings. The van der Waals surface area contributed by atoms with Gasteiger partial charge in [-0.25, -0.2) is 4.18 Å². The Labute approximate surface area is 86.1 Å². The molecule has 4 N–H and O–H groups in total. The number of aliphatic hydroxyl groups excluding tert-OH is 3. The highest BCUT2D eigenvalue weighted by Crippen LogP contribution is 2.08. The fourth-order valence-electron chi connectivity index (χ4n) is 0.780. The zero-order chi connectivity index (χ0) is 12.2. The molecule has 15 heavy (non-hydrogen) atoms. The third kappa shape index (κ3) is 5.16. The molecule has 0 spiro atoms. The molecule has 0 aromatic rings. The summed E-state index contributed by atoms with van der Waals surface area (Å²) >= 11 is 0. The highest BCUT2D eigenvalue weighted by Gasteiger charge is 2.32. The van der Waals surface area contributed by atoms with Crippen LogP contribution in [-0.4, -0.2) is 59.0 Å². The summed E-state index contributed by atoms with van der Waals surface area (Å²) in [5, 5.41) is 27.1. The zero-order valence-electron chi connectivity index (χ0n) is 7.72. The summed E-state index contributed by atoms with van der Waals surface area (Å²) in [6, 6.07) is 0. The Kier molecular flexibility index (Phi) is 5.28. The van der Waals surface area contributed by atoms with Crippen molar-refractivity contribution in [2.24, 2.45) is 0 Å². The van der Waals surface area contributed by atoms with Gasteiger partial charge in [-0.1, -0.05) is 0 Å². The van der Waals surface area contributed by atoms with Crippen LogP contribution in [0, 0.1) is 0 Å². The quantitative estimate of drug-likeness (QED) is 0.296. The van der Waals surface area contributed by atoms with Crippen LogP contribution in [0.3, 0.4) is 0 Å². The van der Waals surface area contributed by atoms with E-state index in [1.807, 2.05) is 0 Å². The molecule has 0 amide bonds. The lowest BCUT2D eigenvalue weighted by Gasteiger charge is -2.23. The Morgan fingerprint density at radius 1 is 1.20 bits per heavy atom. The van der Waals surface area contributed by atoms with Gasteiger partial charge in [0.15, 0.2) is 12.4 Å². The first kappa shape index (κ1) is 14.4. The largest absolute Gasteiger partial charge is 0.398 e. The lowest BCUT2D eigenvalue weighted by Crippen LogP contribution is -2.45. The van der Waals surface area contributed by atoms with Gasteiger partial charge in [0.2, 0.25) is 0 Å². The van der Waals surface area contributed by atoms with Gasteiger partial charge in [-0.05, 0) is 6.92 Å². The van der Waals surface area contributed by atoms with E-state index in [0.717, 1.165) is 6.92 Å². The van der Waals surface area contributed by atoms with E-state index in [-0.39, 0.29) is 6.29 Å². The second-order valence-electron chi connectivity index (χ2n) is 2.85. The van der Waals surface area contributed by atoms with E-state index in [1.165, 1.54) is 0 Å². The first-order chi connectivity index (χ1) is 6.69. The molecule has 0 aliphatic rings. The SMILES string of the molecule is C[C@@H](O)[C@@H](O)[C@H](O)[C@H](C=O)OS(=O)(=O)O. The molecule has 0 aromatic carbocycles. The number of carbonyl (C=O) groups is 1. The smallest absolute Gasteiger partial charge is 0.391 e. The summed E-state index contributed by atoms with van der Waals surface area (Å²) in [6.45, 7) is 1.11. The minimum atomic E-state index is -4.92. The van der Waals surface area contributed by atoms with Crippen molar-refractivity contribution < 1.29 is 37.3 Å². The van der Waals surface area contributed by atoms with Crippen molar-refractivity contribution >= 4 is 16.7 Å². The summed E-state index contributed by atoms with van der Waals surface area (Å²) in [5.41, 5.74) is 0. The van der Waals surface area contributed by atoms with Gasteiger partial charge in [0.1, 0.15) is 12.2 Å². The first-order valence-corrected chi connectivity index (χ1v) is 5.20. The topological polar surface area (TPSA) is 141 Å². The number of aldehydes is 1. The highest BCUT2D eigenvalue weighted by molar-refractivity contribution is 7.80. The number of aliphatic hydroxyl groups is 3. The molecule has 0 saturated carbocycles. The van der Waals surface area contributed by atoms with Crippen molar-refractivity contribution in [3.8, 4) is 0 Å². The number of rotatable bonds is 6. The van der Waals surface area contributed by atoms with E-state index in [2.05, 4.69) is 4.18 Å². The molecule has 8 nitrogen and oxygen atoms in total. The maximum absolute atomic E-state index is 10.3. The molecule has 0 aromatic heterocycles. The monoisotopic (exact) mass is 244 g/mol. The summed E-state index contributed by atoms with van der Waals surface area (Å²) in [4.78, 5) is 10.3. The number of carbonyl (C=O) groups excluding carboxylic acids is 1. The molecule has 0 aliphatic carbocycles. The van der Waals surface area contributed by atoms with E-state index in [1.54, 1.807) is 0 Å². The van der Waals surface area contributed by atoms with Crippen molar-refractivity contribution in [2.75, 3.05) is 0 Å². The molecule has 90 valence electrons. The lowest BCUT2D eigenvalue weighted by atomic mass is 10.1. The van der Waals surface area contributed by atoms with E-state index in [9.17, 15) is 13.2 Å². The Balaban J connectivity index is 4.61. The van der Waals surface area contributed by atoms with E-state index >= 15 is 0 Å². The van der Waals surface area contributed by atoms with Gasteiger partial charge >= 0.3 is 10.4 Å². The minimum Gasteiger partial charge on any atom is -0.391 e. The van der Waals surface area contributed by atoms with E-state index < -0.39 is 34.8 Å². The molecule has 9 heteroatoms. The minimum absolute atomic E-state index is 0.121. The molecule has 0 aliphatic heterocycles. The van der Waals surface area contributed by atoms with Crippen LogP contribution in [0.1, 0.15) is 6.92 Å². The molecule has 4 atom stereocenters. The molecule has 0 radical (unpaired) electrons. The average molecular weight is 244 g/mol. The van der Waals surface area contributed by atoms with Crippen LogP contribution in [0.2, 0.25) is 0 Å². The first-order valence-electron chi connectivity index (χ1n) is 3.84. The highest BCUT2D eigenvalue weighted by atomic mass is 32.3. The molecular weight excluding hydrogens is 232 g/mol. The van der Waals surface area contributed by atoms with Gasteiger partial charge in [0, 0.05) is 0 Å². The lowest BCUT2D eigenvalue weighted by molar-refractivity contribution is -0.129. The predicted octanol–water partition coefficient (Wildman–Crippen LogP) is -2.52. The maximum Gasteiger partial charge on any atom is 0.398 e. The van der Waals surface area contributed by atoms with Gasteiger partial charge in [-0.15, -0.1) is 0 Å². The number of hydrogen-bond donors (Lipinski definition) is 4. The Morgan fingerprint density at radius 2 is 1.67 bits per heavy atom. The fourth-order valence-corrected chi connectivity index (χ4v) is 1.22. The van der Waals surface area contributed by atoms with Crippen LogP contribution in [0.5, 0.6) is 0 Å². The zero-order valence-corrected chi connectivity index (χ0v) is 8.53. The van der Waals surface area contributed by atoms with Crippen molar-refractivity contribution in [1.82, 2.24) is 0 Å². The van der Waals surface area contributed by atoms with Crippen molar-refractivity contribution in [3.05, 3.63) is 0 Å². The van der Waals surface area contributed by atoms with Gasteiger partial charge in [-0.2, -0.15) is 8.42 Å². The Bertz CT molecular complexity index is 296. The van der Waals surface area contributed by atoms with Gasteiger partial charge in [0.05, 0.1) is 6.10 Å². The molecule has 0 bridgehead atoms. The molecule has 0 rings (SSSR count). The fraction of sp³-hybridized carbons (Fsp3) is 0.833. The van der Waals surface area contributed by atoms with Crippen LogP contribution >= 0.6 is 0 Å². The number of hydrogen-bond acceptors (Lipinski definition) is 7. The molecule has 0 unspecified atom stereocenters. The standard InChI is InChI=1S/C6H12O8S/c1-3(8)5(9)6(10)4(2-7)14-15(11,12)13/h2-6,8-10H,1H3,(H,11,12,13)/t3-,4+,5-,6-/m1/s1. The average Bonchev–Trinajstić information content (AvgIpc) is 2.10. The summed E-state index contributed by atoms with van der Waals surface area (Å²) < 4.78 is 32.4. The van der Waals surface area contributed by atoms with Crippen LogP contribution in [-0.2, 0) is 19.4 Å². The summed E-state index contributed by atoms with van der Waals surface area (Å²) in [6.07, 6.45) is -7.24. The predicted molar refractivity (Wildman–Crippen MR) is 46.2 cm³/mol. The summed E-state index contributed by atoms with van der Waals surface area (Å²) in [5.74, 6) is 0. The van der Waals surface area contributed by atoms with Crippen LogP contribution < -0.4 is 0 Å². The Morgan fingerprint density at radius 3 is 1.93 bits per heavy atom. The van der Waals surface area contributed by atoms with Crippen molar-refractivity contribution in [1.29, 1.82) is 0 Å². The normalized spacial score (nSPS) is 20.3. The van der Waals surface area contributed by atoms with Crippen molar-refractivity contribution in [3.63, 3.8) is 0 Å². The summed E-state index contributed by atoms with van der Waals surface area (Å²) in [7, 11) is -4.92. The van der Waals surface area contributed by atoms with Crippen LogP contribution in [0.15, 0.2) is 0 Å². The van der Waals surface area contributed by atoms with Crippen LogP contribution in [0.4, 0.5) is 0 Å². The van der Waals surface area contributed by atoms with Crippen molar-refractivity contribution in [2.45, 2.75) is 31.3 Å². The van der Waals surface area contributed by atoms with Crippen LogP contribution in [0.25, 0.3) is 0 Å². The second kappa shape index (κ2) is 5.49. The van der Waals surface area contributed by atoms with Gasteiger partial charge in [0.25, 0.3) is 0 Å². The molecule has 0 saturated heterocycles. The third-order valence-electron chi connectivity index (χ3n) is 1.55. The van der Waals surface area contributed by atoms with Gasteiger partial charge < -0.3 is 20.1 Å². The maximum atomic E-state index is 10.3. The second-order valence-corrected chi connectivity index (χ2v) is 3.89. The van der Waals surface area contributed by atoms with E-state index in [0.29, 0.717) is 0 Å².